The van der Waals surface area contributed by atoms with E-state index in [4.69, 9.17) is 47.4 Å². The summed E-state index contributed by atoms with van der Waals surface area (Å²) in [7, 11) is 5.34. The predicted octanol–water partition coefficient (Wildman–Crippen LogP) is 5.23. The number of likely N-dealkylation sites (tertiary alicyclic amines) is 1. The van der Waals surface area contributed by atoms with Gasteiger partial charge in [0.2, 0.25) is 0 Å². The van der Waals surface area contributed by atoms with Crippen LogP contribution in [-0.2, 0) is 51.6 Å². The van der Waals surface area contributed by atoms with Crippen molar-refractivity contribution in [1.29, 1.82) is 0 Å². The van der Waals surface area contributed by atoms with E-state index < -0.39 is 5.60 Å². The standard InChI is InChI=1S/C43H61NO10/c1-45-16-17-48-18-19-49-20-21-50-22-23-51-24-25-53-35-9-6-32(7-10-35)29-52-30-34-27-41-12-13-43(34,47-3)40-42(41)14-15-44(28-31-4-5-31)37(41)26-33-8-11-36(46-2)39(54-40)38(33)42/h6-11,31,34,37,40H,4-5,12-30H2,1-3H3/t34-,37-,40-,41-,42+,43-/m1/s1. The highest BCUT2D eigenvalue weighted by Gasteiger charge is 2.80. The maximum atomic E-state index is 7.19. The maximum absolute atomic E-state index is 7.19. The van der Waals surface area contributed by atoms with Gasteiger partial charge in [-0.25, -0.2) is 0 Å². The van der Waals surface area contributed by atoms with E-state index in [1.807, 2.05) is 19.2 Å². The molecular weight excluding hydrogens is 690 g/mol. The molecule has 1 saturated heterocycles. The Bertz CT molecular complexity index is 1540. The molecule has 0 unspecified atom stereocenters. The number of benzene rings is 2. The zero-order chi connectivity index (χ0) is 37.0. The molecule has 54 heavy (non-hydrogen) atoms. The first-order chi connectivity index (χ1) is 26.6. The summed E-state index contributed by atoms with van der Waals surface area (Å²) < 4.78 is 59.4. The van der Waals surface area contributed by atoms with E-state index in [0.29, 0.717) is 85.3 Å². The molecule has 2 aromatic rings. The fourth-order valence-corrected chi connectivity index (χ4v) is 11.0. The molecular formula is C43H61NO10. The van der Waals surface area contributed by atoms with E-state index >= 15 is 0 Å². The summed E-state index contributed by atoms with van der Waals surface area (Å²) in [5.41, 5.74) is 3.76. The summed E-state index contributed by atoms with van der Waals surface area (Å²) in [6.07, 6.45) is 8.28. The molecule has 2 spiro atoms. The van der Waals surface area contributed by atoms with E-state index in [1.54, 1.807) is 14.2 Å². The van der Waals surface area contributed by atoms with Crippen LogP contribution in [0.15, 0.2) is 36.4 Å². The Kier molecular flexibility index (Phi) is 12.0. The molecule has 9 rings (SSSR count). The van der Waals surface area contributed by atoms with Crippen molar-refractivity contribution >= 4 is 0 Å². The highest BCUT2D eigenvalue weighted by atomic mass is 16.6. The molecule has 4 bridgehead atoms. The summed E-state index contributed by atoms with van der Waals surface area (Å²) in [4.78, 5) is 2.89. The molecule has 2 heterocycles. The fourth-order valence-electron chi connectivity index (χ4n) is 11.0. The van der Waals surface area contributed by atoms with E-state index in [0.717, 1.165) is 61.0 Å². The first kappa shape index (κ1) is 38.4. The molecule has 0 amide bonds. The largest absolute Gasteiger partial charge is 0.493 e. The van der Waals surface area contributed by atoms with Crippen molar-refractivity contribution in [1.82, 2.24) is 4.90 Å². The molecule has 11 nitrogen and oxygen atoms in total. The molecule has 2 aromatic carbocycles. The molecule has 0 aromatic heterocycles. The number of piperidine rings is 1. The van der Waals surface area contributed by atoms with Crippen molar-refractivity contribution in [3.8, 4) is 17.2 Å². The summed E-state index contributed by atoms with van der Waals surface area (Å²) in [5, 5.41) is 0. The van der Waals surface area contributed by atoms with Crippen LogP contribution in [0.3, 0.4) is 0 Å². The second-order valence-electron chi connectivity index (χ2n) is 16.2. The third-order valence-electron chi connectivity index (χ3n) is 13.6. The van der Waals surface area contributed by atoms with Gasteiger partial charge in [-0.05, 0) is 86.7 Å². The Morgan fingerprint density at radius 1 is 0.759 bits per heavy atom. The number of hydrogen-bond acceptors (Lipinski definition) is 11. The second-order valence-corrected chi connectivity index (χ2v) is 16.2. The molecule has 5 aliphatic carbocycles. The Morgan fingerprint density at radius 3 is 2.13 bits per heavy atom. The van der Waals surface area contributed by atoms with Crippen molar-refractivity contribution < 1.29 is 47.4 Å². The lowest BCUT2D eigenvalue weighted by molar-refractivity contribution is -0.283. The van der Waals surface area contributed by atoms with Gasteiger partial charge in [0.05, 0.1) is 79.8 Å². The highest BCUT2D eigenvalue weighted by molar-refractivity contribution is 5.63. The first-order valence-electron chi connectivity index (χ1n) is 20.3. The lowest BCUT2D eigenvalue weighted by atomic mass is 9.35. The van der Waals surface area contributed by atoms with Gasteiger partial charge in [-0.1, -0.05) is 18.2 Å². The average molecular weight is 752 g/mol. The molecule has 6 atom stereocenters. The van der Waals surface area contributed by atoms with Gasteiger partial charge in [0.25, 0.3) is 0 Å². The third-order valence-corrected chi connectivity index (χ3v) is 13.6. The third kappa shape index (κ3) is 7.06. The van der Waals surface area contributed by atoms with Gasteiger partial charge in [0.15, 0.2) is 11.5 Å². The second kappa shape index (κ2) is 16.9. The van der Waals surface area contributed by atoms with Gasteiger partial charge >= 0.3 is 0 Å². The monoisotopic (exact) mass is 751 g/mol. The van der Waals surface area contributed by atoms with Crippen LogP contribution in [0.4, 0.5) is 0 Å². The quantitative estimate of drug-likeness (QED) is 0.132. The van der Waals surface area contributed by atoms with Crippen LogP contribution < -0.4 is 14.2 Å². The van der Waals surface area contributed by atoms with Gasteiger partial charge in [0.1, 0.15) is 24.1 Å². The number of nitrogens with zero attached hydrogens (tertiary/aromatic N) is 1. The summed E-state index contributed by atoms with van der Waals surface area (Å²) in [6.45, 7) is 8.96. The van der Waals surface area contributed by atoms with Crippen molar-refractivity contribution in [2.75, 3.05) is 107 Å². The summed E-state index contributed by atoms with van der Waals surface area (Å²) in [6, 6.07) is 13.2. The van der Waals surface area contributed by atoms with Gasteiger partial charge in [-0.2, -0.15) is 0 Å². The number of rotatable bonds is 24. The minimum Gasteiger partial charge on any atom is -0.493 e. The molecule has 4 saturated carbocycles. The van der Waals surface area contributed by atoms with Crippen LogP contribution in [0.5, 0.6) is 17.2 Å². The highest BCUT2D eigenvalue weighted by Crippen LogP contribution is 2.76. The fraction of sp³-hybridized carbons (Fsp3) is 0.721. The Balaban J connectivity index is 0.814. The van der Waals surface area contributed by atoms with Crippen LogP contribution in [0.25, 0.3) is 0 Å². The molecule has 2 aliphatic heterocycles. The van der Waals surface area contributed by atoms with Crippen LogP contribution in [0.1, 0.15) is 55.2 Å². The molecule has 298 valence electrons. The smallest absolute Gasteiger partial charge is 0.165 e. The predicted molar refractivity (Wildman–Crippen MR) is 202 cm³/mol. The topological polar surface area (TPSA) is 95.5 Å². The molecule has 0 N–H and O–H groups in total. The number of ether oxygens (including phenoxy) is 10. The SMILES string of the molecule is COCCOCCOCCOCCOCCOc1ccc(COC[C@H]2C[C@@]34CC[C@]2(OC)[C@@H]2Oc5c(OC)ccc6c5[C@@]23CCN(CC2CC2)[C@@H]4C6)cc1. The zero-order valence-electron chi connectivity index (χ0n) is 32.7. The van der Waals surface area contributed by atoms with Gasteiger partial charge < -0.3 is 47.4 Å². The molecule has 7 aliphatic rings. The van der Waals surface area contributed by atoms with Crippen LogP contribution >= 0.6 is 0 Å². The van der Waals surface area contributed by atoms with Crippen LogP contribution in [0, 0.1) is 17.3 Å². The van der Waals surface area contributed by atoms with Crippen molar-refractivity contribution in [3.63, 3.8) is 0 Å². The molecule has 5 fully saturated rings. The van der Waals surface area contributed by atoms with Gasteiger partial charge in [-0.3, -0.25) is 4.90 Å². The molecule has 11 heteroatoms. The lowest BCUT2D eigenvalue weighted by Gasteiger charge is -2.74. The summed E-state index contributed by atoms with van der Waals surface area (Å²) in [5.74, 6) is 3.79. The van der Waals surface area contributed by atoms with Gasteiger partial charge in [-0.15, -0.1) is 0 Å². The average Bonchev–Trinajstić information content (AvgIpc) is 3.94. The number of hydrogen-bond donors (Lipinski definition) is 0. The maximum Gasteiger partial charge on any atom is 0.165 e. The minimum absolute atomic E-state index is 0.0306. The van der Waals surface area contributed by atoms with E-state index in [2.05, 4.69) is 29.2 Å². The summed E-state index contributed by atoms with van der Waals surface area (Å²) >= 11 is 0. The normalized spacial score (nSPS) is 30.3. The Morgan fingerprint density at radius 2 is 1.46 bits per heavy atom. The lowest BCUT2D eigenvalue weighted by Crippen LogP contribution is -2.81. The van der Waals surface area contributed by atoms with Crippen LogP contribution in [-0.4, -0.2) is 130 Å². The number of fused-ring (bicyclic) bond motifs is 2. The molecule has 0 radical (unpaired) electrons. The van der Waals surface area contributed by atoms with Crippen molar-refractivity contribution in [2.24, 2.45) is 17.3 Å². The van der Waals surface area contributed by atoms with E-state index in [-0.39, 0.29) is 22.9 Å². The van der Waals surface area contributed by atoms with Crippen LogP contribution in [0.2, 0.25) is 0 Å². The van der Waals surface area contributed by atoms with Crippen molar-refractivity contribution in [2.45, 2.75) is 74.7 Å². The van der Waals surface area contributed by atoms with E-state index in [1.165, 1.54) is 36.9 Å². The van der Waals surface area contributed by atoms with Gasteiger partial charge in [0, 0.05) is 49.1 Å². The van der Waals surface area contributed by atoms with Crippen molar-refractivity contribution in [3.05, 3.63) is 53.1 Å². The Labute approximate surface area is 321 Å². The Hall–Kier alpha value is -2.48. The minimum atomic E-state index is -0.399. The zero-order valence-corrected chi connectivity index (χ0v) is 32.7. The number of methoxy groups -OCH3 is 3. The first-order valence-corrected chi connectivity index (χ1v) is 20.3. The van der Waals surface area contributed by atoms with E-state index in [9.17, 15) is 0 Å².